The normalized spacial score (nSPS) is 15.2. The molecule has 1 aromatic rings. The maximum absolute atomic E-state index is 12.4. The van der Waals surface area contributed by atoms with E-state index in [2.05, 4.69) is 4.74 Å². The zero-order valence-electron chi connectivity index (χ0n) is 16.0. The average Bonchev–Trinajstić information content (AvgIpc) is 2.72. The minimum atomic E-state index is -1.34. The van der Waals surface area contributed by atoms with E-state index in [-0.39, 0.29) is 18.5 Å². The van der Waals surface area contributed by atoms with E-state index < -0.39 is 35.2 Å². The largest absolute Gasteiger partial charge is 0.497 e. The lowest BCUT2D eigenvalue weighted by molar-refractivity contribution is -0.237. The second-order valence-corrected chi connectivity index (χ2v) is 5.80. The molecule has 9 heteroatoms. The highest BCUT2D eigenvalue weighted by molar-refractivity contribution is 6.39. The summed E-state index contributed by atoms with van der Waals surface area (Å²) < 4.78 is 20.0. The Hall–Kier alpha value is -3.36. The molecule has 0 aromatic heterocycles. The van der Waals surface area contributed by atoms with Crippen molar-refractivity contribution in [1.29, 1.82) is 0 Å². The predicted octanol–water partition coefficient (Wildman–Crippen LogP) is 1.70. The van der Waals surface area contributed by atoms with Gasteiger partial charge in [-0.2, -0.15) is 0 Å². The number of carbonyl (C=O) groups excluding carboxylic acids is 4. The number of anilines is 1. The first kappa shape index (κ1) is 20.9. The van der Waals surface area contributed by atoms with Crippen molar-refractivity contribution >= 4 is 29.5 Å². The summed E-state index contributed by atoms with van der Waals surface area (Å²) in [4.78, 5) is 49.8. The van der Waals surface area contributed by atoms with Crippen LogP contribution in [0.15, 0.2) is 36.0 Å². The number of benzene rings is 1. The maximum atomic E-state index is 12.4. The number of carbonyl (C=O) groups is 4. The molecule has 0 aliphatic carbocycles. The third-order valence-electron chi connectivity index (χ3n) is 4.26. The van der Waals surface area contributed by atoms with E-state index in [0.29, 0.717) is 5.75 Å². The van der Waals surface area contributed by atoms with Crippen LogP contribution >= 0.6 is 0 Å². The SMILES string of the molecule is CCC1(CC)OC(=O)C(=CN(C(=O)C(=O)OC)c2ccc(OC)cc2)C(=O)O1. The van der Waals surface area contributed by atoms with E-state index in [4.69, 9.17) is 14.2 Å². The highest BCUT2D eigenvalue weighted by atomic mass is 16.7. The lowest BCUT2D eigenvalue weighted by Gasteiger charge is -2.35. The Kier molecular flexibility index (Phi) is 6.40. The van der Waals surface area contributed by atoms with Gasteiger partial charge in [0.15, 0.2) is 5.57 Å². The molecule has 2 rings (SSSR count). The Bertz CT molecular complexity index is 786. The van der Waals surface area contributed by atoms with E-state index in [9.17, 15) is 19.2 Å². The molecule has 1 amide bonds. The zero-order valence-corrected chi connectivity index (χ0v) is 16.0. The lowest BCUT2D eigenvalue weighted by Crippen LogP contribution is -2.46. The molecule has 0 N–H and O–H groups in total. The molecule has 0 unspecified atom stereocenters. The van der Waals surface area contributed by atoms with Gasteiger partial charge < -0.3 is 18.9 Å². The molecule has 1 heterocycles. The topological polar surface area (TPSA) is 108 Å². The summed E-state index contributed by atoms with van der Waals surface area (Å²) in [6, 6.07) is 6.03. The van der Waals surface area contributed by atoms with Crippen molar-refractivity contribution in [2.45, 2.75) is 32.5 Å². The van der Waals surface area contributed by atoms with E-state index >= 15 is 0 Å². The molecule has 0 atom stereocenters. The highest BCUT2D eigenvalue weighted by Crippen LogP contribution is 2.30. The quantitative estimate of drug-likeness (QED) is 0.323. The fourth-order valence-electron chi connectivity index (χ4n) is 2.50. The lowest BCUT2D eigenvalue weighted by atomic mass is 10.1. The van der Waals surface area contributed by atoms with Crippen LogP contribution in [-0.4, -0.2) is 43.8 Å². The number of cyclic esters (lactones) is 2. The van der Waals surface area contributed by atoms with Gasteiger partial charge in [-0.15, -0.1) is 0 Å². The molecule has 1 aliphatic heterocycles. The first-order chi connectivity index (χ1) is 13.3. The molecule has 0 saturated carbocycles. The van der Waals surface area contributed by atoms with Crippen molar-refractivity contribution in [3.05, 3.63) is 36.0 Å². The number of nitrogens with zero attached hydrogens (tertiary/aromatic N) is 1. The van der Waals surface area contributed by atoms with Gasteiger partial charge in [0, 0.05) is 24.7 Å². The van der Waals surface area contributed by atoms with Crippen LogP contribution in [0.2, 0.25) is 0 Å². The van der Waals surface area contributed by atoms with Crippen LogP contribution in [0.3, 0.4) is 0 Å². The monoisotopic (exact) mass is 391 g/mol. The smallest absolute Gasteiger partial charge is 0.397 e. The van der Waals surface area contributed by atoms with Crippen molar-refractivity contribution in [3.8, 4) is 5.75 Å². The minimum absolute atomic E-state index is 0.201. The van der Waals surface area contributed by atoms with Crippen molar-refractivity contribution < 1.29 is 38.1 Å². The van der Waals surface area contributed by atoms with Crippen LogP contribution in [0.4, 0.5) is 5.69 Å². The first-order valence-electron chi connectivity index (χ1n) is 8.54. The summed E-state index contributed by atoms with van der Waals surface area (Å²) in [7, 11) is 2.51. The van der Waals surface area contributed by atoms with Gasteiger partial charge in [-0.3, -0.25) is 9.69 Å². The second kappa shape index (κ2) is 8.55. The number of amides is 1. The second-order valence-electron chi connectivity index (χ2n) is 5.80. The van der Waals surface area contributed by atoms with Crippen LogP contribution in [0.25, 0.3) is 0 Å². The van der Waals surface area contributed by atoms with Crippen LogP contribution in [-0.2, 0) is 33.4 Å². The predicted molar refractivity (Wildman–Crippen MR) is 96.1 cm³/mol. The van der Waals surface area contributed by atoms with Gasteiger partial charge in [0.2, 0.25) is 0 Å². The molecule has 1 fully saturated rings. The highest BCUT2D eigenvalue weighted by Gasteiger charge is 2.44. The zero-order chi connectivity index (χ0) is 20.9. The van der Waals surface area contributed by atoms with E-state index in [1.165, 1.54) is 19.2 Å². The molecule has 0 spiro atoms. The summed E-state index contributed by atoms with van der Waals surface area (Å²) in [5.74, 6) is -5.02. The Morgan fingerprint density at radius 3 is 2.00 bits per heavy atom. The van der Waals surface area contributed by atoms with Gasteiger partial charge in [0.25, 0.3) is 5.79 Å². The fraction of sp³-hybridized carbons (Fsp3) is 0.368. The number of methoxy groups -OCH3 is 2. The van der Waals surface area contributed by atoms with Gasteiger partial charge in [-0.05, 0) is 24.3 Å². The molecule has 1 aliphatic rings. The summed E-state index contributed by atoms with van der Waals surface area (Å²) in [5.41, 5.74) is -0.322. The van der Waals surface area contributed by atoms with Crippen molar-refractivity contribution in [2.75, 3.05) is 19.1 Å². The standard InChI is InChI=1S/C19H21NO8/c1-5-19(6-2)27-16(22)14(17(23)28-19)11-20(15(21)18(24)26-4)12-7-9-13(25-3)10-8-12/h7-11H,5-6H2,1-4H3. The van der Waals surface area contributed by atoms with Crippen molar-refractivity contribution in [2.24, 2.45) is 0 Å². The molecular weight excluding hydrogens is 370 g/mol. The minimum Gasteiger partial charge on any atom is -0.497 e. The molecule has 1 aromatic carbocycles. The Balaban J connectivity index is 2.46. The third kappa shape index (κ3) is 4.13. The number of esters is 3. The van der Waals surface area contributed by atoms with E-state index in [1.807, 2.05) is 0 Å². The Morgan fingerprint density at radius 1 is 1.04 bits per heavy atom. The average molecular weight is 391 g/mol. The Labute approximate surface area is 161 Å². The molecule has 150 valence electrons. The maximum Gasteiger partial charge on any atom is 0.397 e. The van der Waals surface area contributed by atoms with Crippen molar-refractivity contribution in [3.63, 3.8) is 0 Å². The molecular formula is C19H21NO8. The Morgan fingerprint density at radius 2 is 1.57 bits per heavy atom. The van der Waals surface area contributed by atoms with Crippen LogP contribution in [0.1, 0.15) is 26.7 Å². The van der Waals surface area contributed by atoms with Crippen molar-refractivity contribution in [1.82, 2.24) is 0 Å². The van der Waals surface area contributed by atoms with Gasteiger partial charge in [-0.1, -0.05) is 13.8 Å². The molecule has 0 radical (unpaired) electrons. The number of rotatable bonds is 5. The first-order valence-corrected chi connectivity index (χ1v) is 8.54. The van der Waals surface area contributed by atoms with E-state index in [0.717, 1.165) is 18.2 Å². The van der Waals surface area contributed by atoms with E-state index in [1.54, 1.807) is 26.0 Å². The molecule has 0 bridgehead atoms. The van der Waals surface area contributed by atoms with Gasteiger partial charge in [0.1, 0.15) is 5.75 Å². The van der Waals surface area contributed by atoms with Crippen LogP contribution in [0, 0.1) is 0 Å². The summed E-state index contributed by atoms with van der Waals surface area (Å²) in [6.45, 7) is 3.42. The van der Waals surface area contributed by atoms with Crippen LogP contribution < -0.4 is 9.64 Å². The molecule has 1 saturated heterocycles. The summed E-state index contributed by atoms with van der Waals surface area (Å²) in [5, 5.41) is 0. The number of hydrogen-bond donors (Lipinski definition) is 0. The van der Waals surface area contributed by atoms with Gasteiger partial charge in [-0.25, -0.2) is 14.4 Å². The van der Waals surface area contributed by atoms with Gasteiger partial charge >= 0.3 is 23.8 Å². The summed E-state index contributed by atoms with van der Waals surface area (Å²) in [6.07, 6.45) is 1.45. The number of hydrogen-bond acceptors (Lipinski definition) is 8. The van der Waals surface area contributed by atoms with Crippen LogP contribution in [0.5, 0.6) is 5.75 Å². The summed E-state index contributed by atoms with van der Waals surface area (Å²) >= 11 is 0. The fourth-order valence-corrected chi connectivity index (χ4v) is 2.50. The number of ether oxygens (including phenoxy) is 4. The van der Waals surface area contributed by atoms with Gasteiger partial charge in [0.05, 0.1) is 14.2 Å². The third-order valence-corrected chi connectivity index (χ3v) is 4.26. The molecule has 28 heavy (non-hydrogen) atoms. The molecule has 9 nitrogen and oxygen atoms in total.